The van der Waals surface area contributed by atoms with Gasteiger partial charge in [-0.15, -0.1) is 0 Å². The van der Waals surface area contributed by atoms with Gasteiger partial charge in [0.2, 0.25) is 0 Å². The summed E-state index contributed by atoms with van der Waals surface area (Å²) in [5.74, 6) is 0.483. The van der Waals surface area contributed by atoms with Crippen molar-refractivity contribution >= 4 is 23.3 Å². The number of rotatable bonds is 4. The summed E-state index contributed by atoms with van der Waals surface area (Å²) in [6, 6.07) is 3.58. The Hall–Kier alpha value is -1.29. The molecule has 0 bridgehead atoms. The number of anilines is 1. The van der Waals surface area contributed by atoms with E-state index < -0.39 is 0 Å². The third kappa shape index (κ3) is 3.09. The molecule has 1 atom stereocenters. The molecule has 1 rings (SSSR count). The number of amides is 1. The van der Waals surface area contributed by atoms with Crippen molar-refractivity contribution in [2.45, 2.75) is 26.3 Å². The van der Waals surface area contributed by atoms with Crippen molar-refractivity contribution < 1.29 is 4.79 Å². The lowest BCUT2D eigenvalue weighted by Crippen LogP contribution is -2.35. The summed E-state index contributed by atoms with van der Waals surface area (Å²) in [7, 11) is 3.52. The minimum absolute atomic E-state index is 0.151. The van der Waals surface area contributed by atoms with Gasteiger partial charge in [-0.1, -0.05) is 18.5 Å². The van der Waals surface area contributed by atoms with Gasteiger partial charge in [0.15, 0.2) is 0 Å². The highest BCUT2D eigenvalue weighted by molar-refractivity contribution is 6.33. The molecule has 0 spiro atoms. The number of pyridine rings is 1. The van der Waals surface area contributed by atoms with E-state index in [1.165, 1.54) is 0 Å². The van der Waals surface area contributed by atoms with E-state index in [-0.39, 0.29) is 11.9 Å². The van der Waals surface area contributed by atoms with Gasteiger partial charge in [0.25, 0.3) is 5.91 Å². The predicted octanol–water partition coefficient (Wildman–Crippen LogP) is 2.65. The highest BCUT2D eigenvalue weighted by Gasteiger charge is 2.20. The molecule has 1 N–H and O–H groups in total. The van der Waals surface area contributed by atoms with Crippen molar-refractivity contribution in [2.24, 2.45) is 0 Å². The molecule has 94 valence electrons. The molecule has 0 aromatic carbocycles. The number of aromatic nitrogens is 1. The molecule has 1 heterocycles. The summed E-state index contributed by atoms with van der Waals surface area (Å²) in [6.07, 6.45) is 0.894. The zero-order valence-electron chi connectivity index (χ0n) is 10.6. The summed E-state index contributed by atoms with van der Waals surface area (Å²) in [6.45, 7) is 4.03. The summed E-state index contributed by atoms with van der Waals surface area (Å²) in [5, 5.41) is 3.27. The summed E-state index contributed by atoms with van der Waals surface area (Å²) in [4.78, 5) is 18.0. The van der Waals surface area contributed by atoms with Crippen molar-refractivity contribution in [2.75, 3.05) is 19.4 Å². The first-order valence-corrected chi connectivity index (χ1v) is 6.00. The standard InChI is InChI=1S/C12H18ClN3O/c1-5-8(2)16(4)12(17)11-9(13)6-7-10(14-3)15-11/h6-8H,5H2,1-4H3,(H,14,15). The van der Waals surface area contributed by atoms with Crippen LogP contribution in [0.2, 0.25) is 5.02 Å². The zero-order valence-corrected chi connectivity index (χ0v) is 11.4. The molecule has 1 aromatic rings. The van der Waals surface area contributed by atoms with Crippen molar-refractivity contribution in [1.29, 1.82) is 0 Å². The highest BCUT2D eigenvalue weighted by atomic mass is 35.5. The number of halogens is 1. The minimum Gasteiger partial charge on any atom is -0.373 e. The van der Waals surface area contributed by atoms with Crippen LogP contribution in [-0.2, 0) is 0 Å². The maximum Gasteiger partial charge on any atom is 0.274 e. The Morgan fingerprint density at radius 2 is 2.24 bits per heavy atom. The lowest BCUT2D eigenvalue weighted by Gasteiger charge is -2.23. The predicted molar refractivity (Wildman–Crippen MR) is 70.6 cm³/mol. The van der Waals surface area contributed by atoms with Gasteiger partial charge in [-0.25, -0.2) is 4.98 Å². The van der Waals surface area contributed by atoms with Crippen LogP contribution in [0, 0.1) is 0 Å². The van der Waals surface area contributed by atoms with Crippen molar-refractivity contribution in [3.8, 4) is 0 Å². The first-order valence-electron chi connectivity index (χ1n) is 5.62. The average molecular weight is 256 g/mol. The van der Waals surface area contributed by atoms with Gasteiger partial charge in [-0.2, -0.15) is 0 Å². The maximum atomic E-state index is 12.2. The van der Waals surface area contributed by atoms with Gasteiger partial charge in [-0.05, 0) is 25.5 Å². The molecule has 0 saturated heterocycles. The maximum absolute atomic E-state index is 12.2. The Morgan fingerprint density at radius 3 is 2.76 bits per heavy atom. The molecule has 1 aromatic heterocycles. The Morgan fingerprint density at radius 1 is 1.59 bits per heavy atom. The third-order valence-electron chi connectivity index (χ3n) is 2.88. The summed E-state index contributed by atoms with van der Waals surface area (Å²) < 4.78 is 0. The van der Waals surface area contributed by atoms with E-state index in [1.54, 1.807) is 31.1 Å². The number of carbonyl (C=O) groups excluding carboxylic acids is 1. The topological polar surface area (TPSA) is 45.2 Å². The number of hydrogen-bond donors (Lipinski definition) is 1. The van der Waals surface area contributed by atoms with Crippen LogP contribution in [0.5, 0.6) is 0 Å². The molecule has 1 unspecified atom stereocenters. The van der Waals surface area contributed by atoms with Gasteiger partial charge in [0.1, 0.15) is 11.5 Å². The Kier molecular flexibility index (Phi) is 4.75. The molecular formula is C12H18ClN3O. The molecule has 0 fully saturated rings. The molecule has 0 radical (unpaired) electrons. The third-order valence-corrected chi connectivity index (χ3v) is 3.18. The van der Waals surface area contributed by atoms with E-state index in [0.717, 1.165) is 6.42 Å². The molecule has 17 heavy (non-hydrogen) atoms. The molecule has 5 heteroatoms. The molecule has 0 aliphatic rings. The zero-order chi connectivity index (χ0) is 13.0. The van der Waals surface area contributed by atoms with Crippen LogP contribution in [-0.4, -0.2) is 35.9 Å². The van der Waals surface area contributed by atoms with Gasteiger partial charge in [0, 0.05) is 20.1 Å². The first-order chi connectivity index (χ1) is 8.01. The Labute approximate surface area is 107 Å². The second-order valence-electron chi connectivity index (χ2n) is 3.95. The highest BCUT2D eigenvalue weighted by Crippen LogP contribution is 2.19. The lowest BCUT2D eigenvalue weighted by molar-refractivity contribution is 0.0735. The van der Waals surface area contributed by atoms with Crippen LogP contribution in [0.15, 0.2) is 12.1 Å². The van der Waals surface area contributed by atoms with E-state index in [9.17, 15) is 4.79 Å². The van der Waals surface area contributed by atoms with Crippen LogP contribution >= 0.6 is 11.6 Å². The fourth-order valence-electron chi connectivity index (χ4n) is 1.37. The van der Waals surface area contributed by atoms with E-state index in [4.69, 9.17) is 11.6 Å². The van der Waals surface area contributed by atoms with E-state index in [2.05, 4.69) is 10.3 Å². The monoisotopic (exact) mass is 255 g/mol. The SMILES string of the molecule is CCC(C)N(C)C(=O)c1nc(NC)ccc1Cl. The minimum atomic E-state index is -0.151. The lowest BCUT2D eigenvalue weighted by atomic mass is 10.2. The fraction of sp³-hybridized carbons (Fsp3) is 0.500. The number of carbonyl (C=O) groups is 1. The fourth-order valence-corrected chi connectivity index (χ4v) is 1.56. The van der Waals surface area contributed by atoms with Gasteiger partial charge in [-0.3, -0.25) is 4.79 Å². The average Bonchev–Trinajstić information content (AvgIpc) is 2.36. The second-order valence-corrected chi connectivity index (χ2v) is 4.36. The molecule has 0 aliphatic carbocycles. The molecular weight excluding hydrogens is 238 g/mol. The molecule has 4 nitrogen and oxygen atoms in total. The van der Waals surface area contributed by atoms with Gasteiger partial charge < -0.3 is 10.2 Å². The van der Waals surface area contributed by atoms with E-state index in [0.29, 0.717) is 16.5 Å². The van der Waals surface area contributed by atoms with Crippen LogP contribution < -0.4 is 5.32 Å². The largest absolute Gasteiger partial charge is 0.373 e. The van der Waals surface area contributed by atoms with Crippen LogP contribution in [0.3, 0.4) is 0 Å². The Balaban J connectivity index is 3.02. The molecule has 0 aliphatic heterocycles. The van der Waals surface area contributed by atoms with Crippen molar-refractivity contribution in [1.82, 2.24) is 9.88 Å². The van der Waals surface area contributed by atoms with E-state index in [1.807, 2.05) is 13.8 Å². The van der Waals surface area contributed by atoms with Crippen LogP contribution in [0.1, 0.15) is 30.8 Å². The normalized spacial score (nSPS) is 12.1. The van der Waals surface area contributed by atoms with Gasteiger partial charge in [0.05, 0.1) is 5.02 Å². The number of hydrogen-bond acceptors (Lipinski definition) is 3. The first kappa shape index (κ1) is 13.8. The van der Waals surface area contributed by atoms with Gasteiger partial charge >= 0.3 is 0 Å². The Bertz CT molecular complexity index is 409. The van der Waals surface area contributed by atoms with Crippen LogP contribution in [0.4, 0.5) is 5.82 Å². The van der Waals surface area contributed by atoms with Crippen molar-refractivity contribution in [3.05, 3.63) is 22.8 Å². The summed E-state index contributed by atoms with van der Waals surface area (Å²) in [5.41, 5.74) is 0.293. The van der Waals surface area contributed by atoms with Crippen molar-refractivity contribution in [3.63, 3.8) is 0 Å². The summed E-state index contributed by atoms with van der Waals surface area (Å²) >= 11 is 6.00. The second kappa shape index (κ2) is 5.87. The number of nitrogens with one attached hydrogen (secondary N) is 1. The van der Waals surface area contributed by atoms with E-state index >= 15 is 0 Å². The molecule has 1 amide bonds. The van der Waals surface area contributed by atoms with Crippen LogP contribution in [0.25, 0.3) is 0 Å². The molecule has 0 saturated carbocycles. The number of nitrogens with zero attached hydrogens (tertiary/aromatic N) is 2. The quantitative estimate of drug-likeness (QED) is 0.900. The smallest absolute Gasteiger partial charge is 0.274 e.